The molecule has 1 unspecified atom stereocenters. The summed E-state index contributed by atoms with van der Waals surface area (Å²) in [4.78, 5) is 47.2. The number of aromatic nitrogens is 1. The number of likely N-dealkylation sites (N-methyl/N-ethyl adjacent to an activating group) is 1. The fraction of sp³-hybridized carbons (Fsp3) is 0.340. The maximum absolute atomic E-state index is 13.7. The lowest BCUT2D eigenvalue weighted by atomic mass is 10.1. The molecule has 5 aromatic rings. The van der Waals surface area contributed by atoms with Crippen molar-refractivity contribution in [2.75, 3.05) is 83.2 Å². The van der Waals surface area contributed by atoms with Gasteiger partial charge in [0.1, 0.15) is 29.1 Å². The highest BCUT2D eigenvalue weighted by molar-refractivity contribution is 7.86. The Hall–Kier alpha value is -6.70. The minimum Gasteiger partial charge on any atom is -0.489 e. The number of anilines is 2. The molecule has 1 aromatic heterocycles. The van der Waals surface area contributed by atoms with E-state index >= 15 is 0 Å². The fourth-order valence-electron chi connectivity index (χ4n) is 7.19. The Labute approximate surface area is 397 Å². The molecule has 17 nitrogen and oxygen atoms in total. The third kappa shape index (κ3) is 16.3. The summed E-state index contributed by atoms with van der Waals surface area (Å²) in [5.41, 5.74) is 7.23. The lowest BCUT2D eigenvalue weighted by Gasteiger charge is -2.28. The van der Waals surface area contributed by atoms with Crippen molar-refractivity contribution >= 4 is 45.6 Å². The summed E-state index contributed by atoms with van der Waals surface area (Å²) in [7, 11) is -2.60. The normalized spacial score (nSPS) is 13.3. The Morgan fingerprint density at radius 2 is 1.46 bits per heavy atom. The number of fused-ring (bicyclic) bond motifs is 1. The first kappa shape index (κ1) is 50.7. The zero-order valence-corrected chi connectivity index (χ0v) is 38.9. The molecule has 1 aliphatic rings. The van der Waals surface area contributed by atoms with E-state index in [-0.39, 0.29) is 34.7 Å². The van der Waals surface area contributed by atoms with Gasteiger partial charge >= 0.3 is 0 Å². The van der Waals surface area contributed by atoms with Crippen LogP contribution < -0.4 is 25.7 Å². The molecule has 360 valence electrons. The van der Waals surface area contributed by atoms with Crippen LogP contribution in [0.3, 0.4) is 0 Å². The molecule has 0 saturated carbocycles. The molecular formula is C50H59N7O10S. The van der Waals surface area contributed by atoms with Crippen molar-refractivity contribution in [2.45, 2.75) is 43.2 Å². The molecule has 0 saturated heterocycles. The number of carbonyl (C=O) groups is 3. The van der Waals surface area contributed by atoms with Crippen LogP contribution in [0, 0.1) is 0 Å². The van der Waals surface area contributed by atoms with Crippen LogP contribution in [0.1, 0.15) is 45.5 Å². The SMILES string of the molecule is CN(CCc1ccccc1)C(=O)CN1c2ccc(OCc3ccccc3)cc2CC1C(=O)NCCCOCCOCCOCCCNC(=O)c1ccc(N/N=C/c2ccccc2S(=O)(=O)O)nc1. The highest BCUT2D eigenvalue weighted by Gasteiger charge is 2.36. The summed E-state index contributed by atoms with van der Waals surface area (Å²) in [6.07, 6.45) is 5.03. The van der Waals surface area contributed by atoms with E-state index in [1.807, 2.05) is 83.8 Å². The molecule has 3 amide bonds. The number of amides is 3. The van der Waals surface area contributed by atoms with E-state index in [2.05, 4.69) is 26.1 Å². The first-order valence-corrected chi connectivity index (χ1v) is 23.9. The summed E-state index contributed by atoms with van der Waals surface area (Å²) in [5, 5.41) is 9.84. The van der Waals surface area contributed by atoms with Gasteiger partial charge in [-0.1, -0.05) is 78.9 Å². The van der Waals surface area contributed by atoms with Gasteiger partial charge in [-0.2, -0.15) is 13.5 Å². The Morgan fingerprint density at radius 1 is 0.809 bits per heavy atom. The molecule has 6 rings (SSSR count). The summed E-state index contributed by atoms with van der Waals surface area (Å²) in [5.74, 6) is 0.529. The second-order valence-electron chi connectivity index (χ2n) is 15.9. The summed E-state index contributed by atoms with van der Waals surface area (Å²) in [6, 6.07) is 34.2. The van der Waals surface area contributed by atoms with Gasteiger partial charge < -0.3 is 39.4 Å². The molecule has 0 bridgehead atoms. The van der Waals surface area contributed by atoms with Gasteiger partial charge in [-0.05, 0) is 72.4 Å². The molecule has 4 N–H and O–H groups in total. The predicted molar refractivity (Wildman–Crippen MR) is 259 cm³/mol. The fourth-order valence-corrected chi connectivity index (χ4v) is 7.86. The van der Waals surface area contributed by atoms with Gasteiger partial charge in [0.2, 0.25) is 11.8 Å². The molecule has 18 heteroatoms. The molecule has 4 aromatic carbocycles. The molecular weight excluding hydrogens is 891 g/mol. The van der Waals surface area contributed by atoms with Crippen molar-refractivity contribution < 1.29 is 46.3 Å². The highest BCUT2D eigenvalue weighted by Crippen LogP contribution is 2.35. The molecule has 0 fully saturated rings. The van der Waals surface area contributed by atoms with Crippen molar-refractivity contribution in [1.29, 1.82) is 0 Å². The standard InChI is InChI=1S/C50H59N7O10S/c1-56(25-22-38-12-4-2-5-13-38)48(58)36-57-44-20-19-43(67-37-39-14-6-3-7-15-39)32-42(44)33-45(57)50(60)52-24-11-27-65-29-31-66-30-28-64-26-10-23-51-49(59)41-18-21-47(53-34-41)55-54-35-40-16-8-9-17-46(40)68(61,62)63/h2-9,12-21,32,34-35,45H,10-11,22-31,33,36-37H2,1H3,(H,51,59)(H,52,60)(H,53,55)(H,61,62,63)/b54-35+. The maximum Gasteiger partial charge on any atom is 0.295 e. The number of benzene rings is 4. The van der Waals surface area contributed by atoms with Crippen LogP contribution in [0.15, 0.2) is 131 Å². The van der Waals surface area contributed by atoms with E-state index in [4.69, 9.17) is 18.9 Å². The third-order valence-electron chi connectivity index (χ3n) is 10.9. The largest absolute Gasteiger partial charge is 0.489 e. The minimum absolute atomic E-state index is 0.0638. The maximum atomic E-state index is 13.7. The molecule has 1 atom stereocenters. The summed E-state index contributed by atoms with van der Waals surface area (Å²) in [6.45, 7) is 4.33. The molecule has 0 radical (unpaired) electrons. The number of ether oxygens (including phenoxy) is 4. The topological polar surface area (TPSA) is 210 Å². The number of carbonyl (C=O) groups excluding carboxylic acids is 3. The van der Waals surface area contributed by atoms with E-state index in [9.17, 15) is 27.4 Å². The first-order valence-electron chi connectivity index (χ1n) is 22.5. The van der Waals surface area contributed by atoms with Crippen molar-refractivity contribution in [2.24, 2.45) is 5.10 Å². The van der Waals surface area contributed by atoms with Crippen LogP contribution in [0.5, 0.6) is 5.75 Å². The van der Waals surface area contributed by atoms with E-state index in [1.165, 1.54) is 30.6 Å². The summed E-state index contributed by atoms with van der Waals surface area (Å²) >= 11 is 0. The Morgan fingerprint density at radius 3 is 2.13 bits per heavy atom. The van der Waals surface area contributed by atoms with E-state index < -0.39 is 16.2 Å². The smallest absolute Gasteiger partial charge is 0.295 e. The number of hydrazone groups is 1. The van der Waals surface area contributed by atoms with Crippen molar-refractivity contribution in [3.63, 3.8) is 0 Å². The van der Waals surface area contributed by atoms with Crippen molar-refractivity contribution in [3.8, 4) is 5.75 Å². The van der Waals surface area contributed by atoms with Gasteiger partial charge in [0.25, 0.3) is 16.0 Å². The highest BCUT2D eigenvalue weighted by atomic mass is 32.2. The lowest BCUT2D eigenvalue weighted by molar-refractivity contribution is -0.128. The van der Waals surface area contributed by atoms with E-state index in [0.717, 1.165) is 28.8 Å². The quantitative estimate of drug-likeness (QED) is 0.0221. The number of pyridine rings is 1. The monoisotopic (exact) mass is 949 g/mol. The van der Waals surface area contributed by atoms with Crippen LogP contribution in [0.25, 0.3) is 0 Å². The molecule has 2 heterocycles. The Balaban J connectivity index is 0.815. The summed E-state index contributed by atoms with van der Waals surface area (Å²) < 4.78 is 55.5. The molecule has 1 aliphatic heterocycles. The number of nitrogens with zero attached hydrogens (tertiary/aromatic N) is 4. The second-order valence-corrected chi connectivity index (χ2v) is 17.3. The average molecular weight is 950 g/mol. The Kier molecular flexibility index (Phi) is 19.8. The zero-order chi connectivity index (χ0) is 48.0. The van der Waals surface area contributed by atoms with Crippen LogP contribution in [0.2, 0.25) is 0 Å². The number of hydrogen-bond acceptors (Lipinski definition) is 13. The van der Waals surface area contributed by atoms with Gasteiger partial charge in [0.15, 0.2) is 0 Å². The average Bonchev–Trinajstić information content (AvgIpc) is 3.71. The van der Waals surface area contributed by atoms with Gasteiger partial charge in [0, 0.05) is 63.8 Å². The Bertz CT molecular complexity index is 2520. The van der Waals surface area contributed by atoms with Crippen LogP contribution in [-0.2, 0) is 53.4 Å². The van der Waals surface area contributed by atoms with Gasteiger partial charge in [-0.15, -0.1) is 0 Å². The number of hydrogen-bond donors (Lipinski definition) is 4. The second kappa shape index (κ2) is 26.6. The minimum atomic E-state index is -4.40. The van der Waals surface area contributed by atoms with Crippen LogP contribution in [-0.4, -0.2) is 126 Å². The van der Waals surface area contributed by atoms with E-state index in [0.29, 0.717) is 102 Å². The molecule has 68 heavy (non-hydrogen) atoms. The lowest BCUT2D eigenvalue weighted by Crippen LogP contribution is -2.49. The third-order valence-corrected chi connectivity index (χ3v) is 11.8. The van der Waals surface area contributed by atoms with E-state index in [1.54, 1.807) is 30.1 Å². The zero-order valence-electron chi connectivity index (χ0n) is 38.1. The van der Waals surface area contributed by atoms with Crippen molar-refractivity contribution in [1.82, 2.24) is 20.5 Å². The first-order chi connectivity index (χ1) is 33.0. The predicted octanol–water partition coefficient (Wildman–Crippen LogP) is 5.16. The molecule has 0 aliphatic carbocycles. The van der Waals surface area contributed by atoms with Gasteiger partial charge in [-0.25, -0.2) is 4.98 Å². The van der Waals surface area contributed by atoms with Crippen molar-refractivity contribution in [3.05, 3.63) is 149 Å². The van der Waals surface area contributed by atoms with Gasteiger partial charge in [0.05, 0.1) is 44.8 Å². The van der Waals surface area contributed by atoms with Crippen LogP contribution in [0.4, 0.5) is 11.5 Å². The number of rotatable bonds is 28. The van der Waals surface area contributed by atoms with Crippen LogP contribution >= 0.6 is 0 Å². The molecule has 0 spiro atoms. The van der Waals surface area contributed by atoms with Gasteiger partial charge in [-0.3, -0.25) is 24.4 Å². The number of nitrogens with one attached hydrogen (secondary N) is 3.